The van der Waals surface area contributed by atoms with Gasteiger partial charge in [-0.1, -0.05) is 24.3 Å². The van der Waals surface area contributed by atoms with E-state index in [-0.39, 0.29) is 0 Å². The van der Waals surface area contributed by atoms with Gasteiger partial charge in [-0.05, 0) is 42.5 Å². The molecule has 100 valence electrons. The van der Waals surface area contributed by atoms with Crippen molar-refractivity contribution in [3.05, 3.63) is 59.3 Å². The molecular formula is C17H17N3. The van der Waals surface area contributed by atoms with Crippen LogP contribution in [0.1, 0.15) is 16.7 Å². The van der Waals surface area contributed by atoms with Crippen LogP contribution in [0.4, 0.5) is 5.82 Å². The quantitative estimate of drug-likeness (QED) is 0.854. The fourth-order valence-electron chi connectivity index (χ4n) is 2.76. The van der Waals surface area contributed by atoms with Crippen LogP contribution >= 0.6 is 0 Å². The summed E-state index contributed by atoms with van der Waals surface area (Å²) < 4.78 is 0. The maximum Gasteiger partial charge on any atom is 0.146 e. The number of anilines is 1. The Morgan fingerprint density at radius 2 is 2.05 bits per heavy atom. The molecule has 2 aromatic rings. The van der Waals surface area contributed by atoms with Crippen molar-refractivity contribution in [3.8, 4) is 6.07 Å². The minimum Gasteiger partial charge on any atom is -0.355 e. The molecule has 0 atom stereocenters. The molecular weight excluding hydrogens is 246 g/mol. The number of hydrogen-bond acceptors (Lipinski definition) is 3. The number of nitriles is 1. The Labute approximate surface area is 119 Å². The van der Waals surface area contributed by atoms with Gasteiger partial charge < -0.3 is 4.90 Å². The lowest BCUT2D eigenvalue weighted by molar-refractivity contribution is 0.404. The first kappa shape index (κ1) is 12.7. The zero-order chi connectivity index (χ0) is 13.9. The number of nitrogens with zero attached hydrogens (tertiary/aromatic N) is 3. The van der Waals surface area contributed by atoms with Gasteiger partial charge in [0.25, 0.3) is 0 Å². The molecule has 3 heteroatoms. The van der Waals surface area contributed by atoms with E-state index in [1.165, 1.54) is 11.1 Å². The molecule has 20 heavy (non-hydrogen) atoms. The van der Waals surface area contributed by atoms with Gasteiger partial charge in [0, 0.05) is 19.3 Å². The average molecular weight is 263 g/mol. The summed E-state index contributed by atoms with van der Waals surface area (Å²) in [7, 11) is 0. The highest BCUT2D eigenvalue weighted by Crippen LogP contribution is 2.28. The van der Waals surface area contributed by atoms with E-state index in [1.807, 2.05) is 12.1 Å². The SMILES string of the molecule is Cc1ccccc1CC1CN(c2ncccc2C#N)C1. The summed E-state index contributed by atoms with van der Waals surface area (Å²) in [4.78, 5) is 6.53. The van der Waals surface area contributed by atoms with Crippen LogP contribution in [-0.2, 0) is 6.42 Å². The highest BCUT2D eigenvalue weighted by molar-refractivity contribution is 5.55. The second-order valence-corrected chi connectivity index (χ2v) is 5.39. The molecule has 0 saturated carbocycles. The first-order valence-corrected chi connectivity index (χ1v) is 6.92. The molecule has 2 heterocycles. The van der Waals surface area contributed by atoms with Crippen LogP contribution < -0.4 is 4.90 Å². The van der Waals surface area contributed by atoms with Gasteiger partial charge in [-0.2, -0.15) is 5.26 Å². The Hall–Kier alpha value is -2.34. The predicted octanol–water partition coefficient (Wildman–Crippen LogP) is 2.94. The van der Waals surface area contributed by atoms with E-state index in [4.69, 9.17) is 5.26 Å². The Morgan fingerprint density at radius 1 is 1.25 bits per heavy atom. The highest BCUT2D eigenvalue weighted by atomic mass is 15.2. The molecule has 0 radical (unpaired) electrons. The van der Waals surface area contributed by atoms with Gasteiger partial charge in [-0.25, -0.2) is 4.98 Å². The molecule has 1 aliphatic heterocycles. The smallest absolute Gasteiger partial charge is 0.146 e. The topological polar surface area (TPSA) is 39.9 Å². The minimum atomic E-state index is 0.657. The lowest BCUT2D eigenvalue weighted by atomic mass is 9.90. The first-order chi connectivity index (χ1) is 9.78. The van der Waals surface area contributed by atoms with Gasteiger partial charge in [-0.3, -0.25) is 0 Å². The van der Waals surface area contributed by atoms with Crippen molar-refractivity contribution >= 4 is 5.82 Å². The van der Waals surface area contributed by atoms with Crippen molar-refractivity contribution in [2.75, 3.05) is 18.0 Å². The maximum absolute atomic E-state index is 9.11. The summed E-state index contributed by atoms with van der Waals surface area (Å²) in [5.41, 5.74) is 3.46. The molecule has 1 aliphatic rings. The summed E-state index contributed by atoms with van der Waals surface area (Å²) >= 11 is 0. The molecule has 3 rings (SSSR count). The number of aromatic nitrogens is 1. The Morgan fingerprint density at radius 3 is 2.80 bits per heavy atom. The summed E-state index contributed by atoms with van der Waals surface area (Å²) in [5, 5.41) is 9.11. The second-order valence-electron chi connectivity index (χ2n) is 5.39. The van der Waals surface area contributed by atoms with Crippen molar-refractivity contribution in [2.24, 2.45) is 5.92 Å². The summed E-state index contributed by atoms with van der Waals surface area (Å²) in [5.74, 6) is 1.49. The van der Waals surface area contributed by atoms with Gasteiger partial charge in [0.05, 0.1) is 5.56 Å². The van der Waals surface area contributed by atoms with E-state index in [0.717, 1.165) is 25.3 Å². The van der Waals surface area contributed by atoms with Gasteiger partial charge in [0.1, 0.15) is 11.9 Å². The number of rotatable bonds is 3. The number of hydrogen-bond donors (Lipinski definition) is 0. The summed E-state index contributed by atoms with van der Waals surface area (Å²) in [6, 6.07) is 14.4. The van der Waals surface area contributed by atoms with E-state index in [2.05, 4.69) is 47.1 Å². The molecule has 3 nitrogen and oxygen atoms in total. The van der Waals surface area contributed by atoms with E-state index >= 15 is 0 Å². The Balaban J connectivity index is 1.65. The number of benzene rings is 1. The fourth-order valence-corrected chi connectivity index (χ4v) is 2.76. The maximum atomic E-state index is 9.11. The summed E-state index contributed by atoms with van der Waals surface area (Å²) in [6.07, 6.45) is 2.86. The van der Waals surface area contributed by atoms with Crippen LogP contribution in [0.15, 0.2) is 42.6 Å². The first-order valence-electron chi connectivity index (χ1n) is 6.92. The normalized spacial score (nSPS) is 14.7. The molecule has 1 saturated heterocycles. The minimum absolute atomic E-state index is 0.657. The lowest BCUT2D eigenvalue weighted by Crippen LogP contribution is -2.48. The van der Waals surface area contributed by atoms with Crippen LogP contribution in [0.25, 0.3) is 0 Å². The third-order valence-corrected chi connectivity index (χ3v) is 3.93. The third kappa shape index (κ3) is 2.37. The van der Waals surface area contributed by atoms with Crippen molar-refractivity contribution in [2.45, 2.75) is 13.3 Å². The molecule has 1 aromatic heterocycles. The van der Waals surface area contributed by atoms with Gasteiger partial charge in [0.15, 0.2) is 0 Å². The average Bonchev–Trinajstić information content (AvgIpc) is 2.44. The predicted molar refractivity (Wildman–Crippen MR) is 79.5 cm³/mol. The second kappa shape index (κ2) is 5.34. The summed E-state index contributed by atoms with van der Waals surface area (Å²) in [6.45, 7) is 4.14. The van der Waals surface area contributed by atoms with Crippen molar-refractivity contribution in [1.82, 2.24) is 4.98 Å². The molecule has 0 bridgehead atoms. The number of aryl methyl sites for hydroxylation is 1. The van der Waals surface area contributed by atoms with Gasteiger partial charge >= 0.3 is 0 Å². The van der Waals surface area contributed by atoms with E-state index in [0.29, 0.717) is 11.5 Å². The third-order valence-electron chi connectivity index (χ3n) is 3.93. The largest absolute Gasteiger partial charge is 0.355 e. The molecule has 0 amide bonds. The van der Waals surface area contributed by atoms with Crippen LogP contribution in [0.3, 0.4) is 0 Å². The van der Waals surface area contributed by atoms with Gasteiger partial charge in [0.2, 0.25) is 0 Å². The zero-order valence-electron chi connectivity index (χ0n) is 11.6. The van der Waals surface area contributed by atoms with E-state index in [1.54, 1.807) is 6.20 Å². The van der Waals surface area contributed by atoms with Crippen molar-refractivity contribution in [3.63, 3.8) is 0 Å². The Bertz CT molecular complexity index is 651. The van der Waals surface area contributed by atoms with E-state index < -0.39 is 0 Å². The highest BCUT2D eigenvalue weighted by Gasteiger charge is 2.29. The monoisotopic (exact) mass is 263 g/mol. The standard InChI is InChI=1S/C17H17N3/c1-13-5-2-3-6-15(13)9-14-11-20(12-14)17-16(10-18)7-4-8-19-17/h2-8,14H,9,11-12H2,1H3. The Kier molecular flexibility index (Phi) is 3.39. The molecule has 0 aliphatic carbocycles. The number of pyridine rings is 1. The molecule has 0 N–H and O–H groups in total. The molecule has 0 unspecified atom stereocenters. The zero-order valence-corrected chi connectivity index (χ0v) is 11.6. The van der Waals surface area contributed by atoms with Crippen molar-refractivity contribution in [1.29, 1.82) is 5.26 Å². The van der Waals surface area contributed by atoms with Crippen LogP contribution in [0, 0.1) is 24.2 Å². The van der Waals surface area contributed by atoms with Crippen LogP contribution in [0.2, 0.25) is 0 Å². The molecule has 1 aromatic carbocycles. The lowest BCUT2D eigenvalue weighted by Gasteiger charge is -2.40. The molecule has 1 fully saturated rings. The van der Waals surface area contributed by atoms with Gasteiger partial charge in [-0.15, -0.1) is 0 Å². The van der Waals surface area contributed by atoms with Crippen LogP contribution in [-0.4, -0.2) is 18.1 Å². The van der Waals surface area contributed by atoms with E-state index in [9.17, 15) is 0 Å². The fraction of sp³-hybridized carbons (Fsp3) is 0.294. The molecule has 0 spiro atoms. The van der Waals surface area contributed by atoms with Crippen molar-refractivity contribution < 1.29 is 0 Å². The van der Waals surface area contributed by atoms with Crippen LogP contribution in [0.5, 0.6) is 0 Å².